The van der Waals surface area contributed by atoms with Crippen molar-refractivity contribution >= 4 is 86.9 Å². The average molecular weight is 634 g/mol. The van der Waals surface area contributed by atoms with Gasteiger partial charge in [0.1, 0.15) is 40.4 Å². The van der Waals surface area contributed by atoms with E-state index in [-0.39, 0.29) is 32.3 Å². The number of nitrogens with two attached hydrogens (primary N) is 2. The average Bonchev–Trinajstić information content (AvgIpc) is 3.25. The molecule has 208 valence electrons. The van der Waals surface area contributed by atoms with Gasteiger partial charge in [-0.15, -0.1) is 23.5 Å². The molecule has 2 aromatic rings. The second kappa shape index (κ2) is 13.2. The number of thiazole rings is 1. The Morgan fingerprint density at radius 1 is 1.41 bits per heavy atom. The second-order valence-electron chi connectivity index (χ2n) is 7.64. The van der Waals surface area contributed by atoms with Gasteiger partial charge in [0.2, 0.25) is 0 Å². The van der Waals surface area contributed by atoms with Crippen LogP contribution >= 0.6 is 58.2 Å². The largest absolute Gasteiger partial charge is 0.477 e. The van der Waals surface area contributed by atoms with Crippen molar-refractivity contribution in [3.63, 3.8) is 0 Å². The van der Waals surface area contributed by atoms with E-state index in [0.29, 0.717) is 17.2 Å². The number of nitrogens with one attached hydrogen (secondary N) is 1. The van der Waals surface area contributed by atoms with Crippen LogP contribution in [0.25, 0.3) is 0 Å². The van der Waals surface area contributed by atoms with E-state index in [1.54, 1.807) is 18.5 Å². The van der Waals surface area contributed by atoms with Gasteiger partial charge in [-0.3, -0.25) is 19.5 Å². The molecule has 4 rings (SSSR count). The molecule has 0 radical (unpaired) electrons. The summed E-state index contributed by atoms with van der Waals surface area (Å²) in [5, 5.41) is 15.6. The minimum atomic E-state index is -1.27. The zero-order valence-electron chi connectivity index (χ0n) is 19.8. The fraction of sp³-hybridized carbons (Fsp3) is 0.333. The van der Waals surface area contributed by atoms with Crippen LogP contribution in [-0.2, 0) is 19.2 Å². The predicted molar refractivity (Wildman–Crippen MR) is 150 cm³/mol. The first kappa shape index (κ1) is 29.4. The zero-order chi connectivity index (χ0) is 28.1. The fourth-order valence-corrected chi connectivity index (χ4v) is 7.92. The number of carbonyl (C=O) groups excluding carboxylic acids is 2. The quantitative estimate of drug-likeness (QED) is 0.0877. The SMILES string of the molecule is NCCSc1cnccc1SC1=C(C(=O)O)N2C(=O)[C@@H](NC(=O)/C(=N\OCCF)c3nc(N)sc3Cl)[C@@H]2SC1. The van der Waals surface area contributed by atoms with Gasteiger partial charge in [0.25, 0.3) is 11.8 Å². The van der Waals surface area contributed by atoms with E-state index in [9.17, 15) is 23.9 Å². The van der Waals surface area contributed by atoms with Crippen LogP contribution < -0.4 is 16.8 Å². The molecule has 0 saturated carbocycles. The maximum absolute atomic E-state index is 13.1. The highest BCUT2D eigenvalue weighted by molar-refractivity contribution is 8.07. The number of anilines is 1. The lowest BCUT2D eigenvalue weighted by Gasteiger charge is -2.49. The molecule has 1 fully saturated rings. The number of amides is 2. The Kier molecular flexibility index (Phi) is 9.95. The number of fused-ring (bicyclic) bond motifs is 1. The van der Waals surface area contributed by atoms with Crippen molar-refractivity contribution in [1.29, 1.82) is 0 Å². The number of hydrogen-bond donors (Lipinski definition) is 4. The number of alkyl halides is 1. The van der Waals surface area contributed by atoms with Crippen molar-refractivity contribution < 1.29 is 28.7 Å². The Balaban J connectivity index is 1.54. The smallest absolute Gasteiger partial charge is 0.353 e. The highest BCUT2D eigenvalue weighted by Crippen LogP contribution is 2.46. The molecule has 18 heteroatoms. The summed E-state index contributed by atoms with van der Waals surface area (Å²) in [7, 11) is 0. The Morgan fingerprint density at radius 3 is 2.87 bits per heavy atom. The third kappa shape index (κ3) is 6.44. The van der Waals surface area contributed by atoms with Crippen LogP contribution in [0.15, 0.2) is 44.0 Å². The van der Waals surface area contributed by atoms with Crippen LogP contribution in [0, 0.1) is 0 Å². The van der Waals surface area contributed by atoms with Gasteiger partial charge in [0.15, 0.2) is 10.8 Å². The maximum Gasteiger partial charge on any atom is 0.353 e. The van der Waals surface area contributed by atoms with Crippen molar-refractivity contribution in [3.05, 3.63) is 39.1 Å². The fourth-order valence-electron chi connectivity index (χ4n) is 3.54. The van der Waals surface area contributed by atoms with Gasteiger partial charge < -0.3 is 26.7 Å². The summed E-state index contributed by atoms with van der Waals surface area (Å²) in [6.45, 7) is -0.798. The van der Waals surface area contributed by atoms with Gasteiger partial charge in [0.05, 0.1) is 0 Å². The van der Waals surface area contributed by atoms with E-state index < -0.39 is 42.5 Å². The van der Waals surface area contributed by atoms with Crippen LogP contribution in [0.3, 0.4) is 0 Å². The summed E-state index contributed by atoms with van der Waals surface area (Å²) >= 11 is 11.1. The third-order valence-electron chi connectivity index (χ3n) is 5.14. The number of oxime groups is 1. The monoisotopic (exact) mass is 633 g/mol. The van der Waals surface area contributed by atoms with E-state index in [2.05, 4.69) is 20.4 Å². The molecule has 2 aliphatic heterocycles. The summed E-state index contributed by atoms with van der Waals surface area (Å²) in [5.41, 5.74) is 10.6. The molecule has 0 spiro atoms. The number of nitrogen functional groups attached to an aromatic ring is 1. The molecule has 0 aliphatic carbocycles. The minimum absolute atomic E-state index is 0.0525. The topological polar surface area (TPSA) is 186 Å². The summed E-state index contributed by atoms with van der Waals surface area (Å²) in [5.74, 6) is -1.80. The Hall–Kier alpha value is -2.57. The lowest BCUT2D eigenvalue weighted by atomic mass is 10.0. The van der Waals surface area contributed by atoms with Crippen molar-refractivity contribution in [2.45, 2.75) is 21.2 Å². The molecular weight excluding hydrogens is 613 g/mol. The van der Waals surface area contributed by atoms with Crippen molar-refractivity contribution in [2.75, 3.05) is 37.1 Å². The van der Waals surface area contributed by atoms with Crippen LogP contribution in [0.1, 0.15) is 5.69 Å². The van der Waals surface area contributed by atoms with Crippen molar-refractivity contribution in [2.24, 2.45) is 10.9 Å². The molecule has 0 bridgehead atoms. The summed E-state index contributed by atoms with van der Waals surface area (Å²) in [4.78, 5) is 54.7. The third-order valence-corrected chi connectivity index (χ3v) is 10.1. The normalized spacial score (nSPS) is 19.0. The number of carboxylic acids is 1. The number of aromatic nitrogens is 2. The maximum atomic E-state index is 13.1. The van der Waals surface area contributed by atoms with Gasteiger partial charge in [-0.1, -0.05) is 39.9 Å². The lowest BCUT2D eigenvalue weighted by Crippen LogP contribution is -2.71. The van der Waals surface area contributed by atoms with Gasteiger partial charge in [0, 0.05) is 45.1 Å². The molecule has 2 atom stereocenters. The number of thioether (sulfide) groups is 3. The molecular formula is C21H21ClFN7O5S4. The van der Waals surface area contributed by atoms with Crippen LogP contribution in [0.2, 0.25) is 4.34 Å². The van der Waals surface area contributed by atoms with Crippen molar-refractivity contribution in [1.82, 2.24) is 20.2 Å². The van der Waals surface area contributed by atoms with Gasteiger partial charge in [-0.25, -0.2) is 14.2 Å². The highest BCUT2D eigenvalue weighted by Gasteiger charge is 2.54. The number of β-lactam (4-membered cyclic amide) rings is 1. The zero-order valence-corrected chi connectivity index (χ0v) is 23.9. The number of halogens is 2. The lowest BCUT2D eigenvalue weighted by molar-refractivity contribution is -0.150. The van der Waals surface area contributed by atoms with E-state index in [4.69, 9.17) is 27.9 Å². The molecule has 12 nitrogen and oxygen atoms in total. The molecule has 39 heavy (non-hydrogen) atoms. The second-order valence-corrected chi connectivity index (χ2v) is 12.6. The molecule has 0 unspecified atom stereocenters. The molecule has 2 aromatic heterocycles. The standard InChI is InChI=1S/C21H21ClFN7O5S4/c22-16-12(28-21(25)39-16)13(29-35-5-2-23)17(31)27-14-18(32)30-15(20(33)34)11(8-37-19(14)30)38-9-1-4-26-7-10(9)36-6-3-24/h1,4,7,14,19H,2-3,5-6,8,24H2,(H2,25,28)(H,27,31)(H,33,34)/b29-13-/t14-,19+/m1/s1. The molecule has 6 N–H and O–H groups in total. The summed E-state index contributed by atoms with van der Waals surface area (Å²) < 4.78 is 12.6. The number of rotatable bonds is 12. The van der Waals surface area contributed by atoms with E-state index in [1.807, 2.05) is 0 Å². The summed E-state index contributed by atoms with van der Waals surface area (Å²) in [6.07, 6.45) is 3.29. The van der Waals surface area contributed by atoms with Crippen LogP contribution in [0.4, 0.5) is 9.52 Å². The minimum Gasteiger partial charge on any atom is -0.477 e. The number of carbonyl (C=O) groups is 3. The number of pyridine rings is 1. The molecule has 2 aliphatic rings. The van der Waals surface area contributed by atoms with Gasteiger partial charge in [-0.05, 0) is 6.07 Å². The molecule has 4 heterocycles. The van der Waals surface area contributed by atoms with E-state index in [0.717, 1.165) is 26.0 Å². The summed E-state index contributed by atoms with van der Waals surface area (Å²) in [6, 6.07) is 0.719. The van der Waals surface area contributed by atoms with E-state index in [1.165, 1.54) is 35.3 Å². The van der Waals surface area contributed by atoms with Crippen LogP contribution in [-0.4, -0.2) is 86.2 Å². The first-order valence-corrected chi connectivity index (χ1v) is 15.2. The number of carboxylic acid groups (broad SMARTS) is 1. The van der Waals surface area contributed by atoms with Gasteiger partial charge >= 0.3 is 5.97 Å². The molecule has 1 saturated heterocycles. The van der Waals surface area contributed by atoms with Crippen molar-refractivity contribution in [3.8, 4) is 0 Å². The number of hydrogen-bond acceptors (Lipinski definition) is 13. The Labute approximate surface area is 243 Å². The first-order chi connectivity index (χ1) is 18.8. The predicted octanol–water partition coefficient (Wildman–Crippen LogP) is 2.00. The molecule has 2 amide bonds. The Morgan fingerprint density at radius 2 is 2.21 bits per heavy atom. The van der Waals surface area contributed by atoms with Gasteiger partial charge in [-0.2, -0.15) is 0 Å². The highest BCUT2D eigenvalue weighted by atomic mass is 35.5. The number of aliphatic carboxylic acids is 1. The number of nitrogens with zero attached hydrogens (tertiary/aromatic N) is 4. The van der Waals surface area contributed by atoms with Crippen LogP contribution in [0.5, 0.6) is 0 Å². The van der Waals surface area contributed by atoms with E-state index >= 15 is 0 Å². The Bertz CT molecular complexity index is 1340. The first-order valence-electron chi connectivity index (χ1n) is 11.1. The molecule has 0 aromatic carbocycles.